The average Bonchev–Trinajstić information content (AvgIpc) is 2.75. The predicted octanol–water partition coefficient (Wildman–Crippen LogP) is 3.98. The Bertz CT molecular complexity index is 767. The number of halogens is 2. The molecule has 1 N–H and O–H groups in total. The molecule has 0 radical (unpaired) electrons. The van der Waals surface area contributed by atoms with Gasteiger partial charge in [-0.2, -0.15) is 0 Å². The SMILES string of the molecule is Cn1c(CNc2ccc(F)cc2Cl)nc2ccccc21. The molecule has 0 aliphatic heterocycles. The lowest BCUT2D eigenvalue weighted by Crippen LogP contribution is -2.06. The van der Waals surface area contributed by atoms with E-state index in [1.165, 1.54) is 12.1 Å². The molecule has 3 aromatic rings. The van der Waals surface area contributed by atoms with Crippen LogP contribution >= 0.6 is 11.6 Å². The van der Waals surface area contributed by atoms with Gasteiger partial charge in [0.1, 0.15) is 11.6 Å². The number of para-hydroxylation sites is 2. The van der Waals surface area contributed by atoms with E-state index in [1.807, 2.05) is 35.9 Å². The van der Waals surface area contributed by atoms with Gasteiger partial charge in [0.15, 0.2) is 0 Å². The smallest absolute Gasteiger partial charge is 0.128 e. The van der Waals surface area contributed by atoms with E-state index in [0.717, 1.165) is 16.9 Å². The summed E-state index contributed by atoms with van der Waals surface area (Å²) < 4.78 is 15.0. The summed E-state index contributed by atoms with van der Waals surface area (Å²) in [6.45, 7) is 0.524. The van der Waals surface area contributed by atoms with Gasteiger partial charge >= 0.3 is 0 Å². The van der Waals surface area contributed by atoms with Crippen LogP contribution in [0.2, 0.25) is 5.02 Å². The van der Waals surface area contributed by atoms with E-state index in [1.54, 1.807) is 6.07 Å². The molecule has 3 nitrogen and oxygen atoms in total. The molecular weight excluding hydrogens is 277 g/mol. The molecule has 0 saturated heterocycles. The zero-order valence-electron chi connectivity index (χ0n) is 10.9. The lowest BCUT2D eigenvalue weighted by atomic mass is 10.3. The second-order valence-electron chi connectivity index (χ2n) is 4.55. The molecule has 5 heteroatoms. The molecule has 0 fully saturated rings. The Morgan fingerprint density at radius 1 is 1.25 bits per heavy atom. The van der Waals surface area contributed by atoms with E-state index >= 15 is 0 Å². The number of aryl methyl sites for hydroxylation is 1. The number of nitrogens with zero attached hydrogens (tertiary/aromatic N) is 2. The van der Waals surface area contributed by atoms with Crippen molar-refractivity contribution in [3.8, 4) is 0 Å². The Kier molecular flexibility index (Phi) is 3.32. The minimum atomic E-state index is -0.344. The molecule has 20 heavy (non-hydrogen) atoms. The first-order chi connectivity index (χ1) is 9.65. The van der Waals surface area contributed by atoms with Crippen molar-refractivity contribution in [1.29, 1.82) is 0 Å². The maximum Gasteiger partial charge on any atom is 0.128 e. The summed E-state index contributed by atoms with van der Waals surface area (Å²) >= 11 is 5.98. The number of nitrogens with one attached hydrogen (secondary N) is 1. The van der Waals surface area contributed by atoms with Gasteiger partial charge in [-0.05, 0) is 30.3 Å². The Morgan fingerprint density at radius 3 is 2.80 bits per heavy atom. The monoisotopic (exact) mass is 289 g/mol. The van der Waals surface area contributed by atoms with Crippen molar-refractivity contribution >= 4 is 28.3 Å². The molecule has 2 aromatic carbocycles. The highest BCUT2D eigenvalue weighted by Crippen LogP contribution is 2.23. The molecule has 3 rings (SSSR count). The molecule has 0 unspecified atom stereocenters. The van der Waals surface area contributed by atoms with Crippen molar-refractivity contribution in [2.75, 3.05) is 5.32 Å². The van der Waals surface area contributed by atoms with Gasteiger partial charge in [-0.25, -0.2) is 9.37 Å². The normalized spacial score (nSPS) is 10.9. The highest BCUT2D eigenvalue weighted by molar-refractivity contribution is 6.33. The maximum absolute atomic E-state index is 13.0. The minimum absolute atomic E-state index is 0.344. The molecule has 0 atom stereocenters. The Hall–Kier alpha value is -2.07. The summed E-state index contributed by atoms with van der Waals surface area (Å²) in [7, 11) is 1.97. The molecular formula is C15H13ClFN3. The zero-order chi connectivity index (χ0) is 14.1. The van der Waals surface area contributed by atoms with Crippen molar-refractivity contribution in [2.45, 2.75) is 6.54 Å². The van der Waals surface area contributed by atoms with Crippen LogP contribution in [-0.2, 0) is 13.6 Å². The van der Waals surface area contributed by atoms with Crippen LogP contribution in [0.5, 0.6) is 0 Å². The average molecular weight is 290 g/mol. The number of hydrogen-bond acceptors (Lipinski definition) is 2. The standard InChI is InChI=1S/C15H13ClFN3/c1-20-14-5-3-2-4-13(14)19-15(20)9-18-12-7-6-10(17)8-11(12)16/h2-8,18H,9H2,1H3. The molecule has 0 amide bonds. The number of aromatic nitrogens is 2. The van der Waals surface area contributed by atoms with Gasteiger partial charge < -0.3 is 9.88 Å². The lowest BCUT2D eigenvalue weighted by molar-refractivity contribution is 0.628. The Balaban J connectivity index is 1.85. The number of anilines is 1. The summed E-state index contributed by atoms with van der Waals surface area (Å²) in [4.78, 5) is 4.56. The summed E-state index contributed by atoms with van der Waals surface area (Å²) in [6, 6.07) is 12.2. The van der Waals surface area contributed by atoms with Gasteiger partial charge in [-0.3, -0.25) is 0 Å². The third kappa shape index (κ3) is 2.34. The van der Waals surface area contributed by atoms with E-state index in [-0.39, 0.29) is 5.82 Å². The number of fused-ring (bicyclic) bond motifs is 1. The summed E-state index contributed by atoms with van der Waals surface area (Å²) in [5.41, 5.74) is 2.73. The largest absolute Gasteiger partial charge is 0.377 e. The van der Waals surface area contributed by atoms with Gasteiger partial charge in [0.05, 0.1) is 28.3 Å². The second kappa shape index (κ2) is 5.13. The Labute approximate surface area is 121 Å². The van der Waals surface area contributed by atoms with E-state index in [4.69, 9.17) is 11.6 Å². The van der Waals surface area contributed by atoms with Crippen molar-refractivity contribution in [3.05, 3.63) is 59.1 Å². The summed E-state index contributed by atoms with van der Waals surface area (Å²) in [6.07, 6.45) is 0. The number of rotatable bonds is 3. The summed E-state index contributed by atoms with van der Waals surface area (Å²) in [5, 5.41) is 3.54. The number of imidazole rings is 1. The van der Waals surface area contributed by atoms with Gasteiger partial charge in [0.25, 0.3) is 0 Å². The summed E-state index contributed by atoms with van der Waals surface area (Å²) in [5.74, 6) is 0.551. The van der Waals surface area contributed by atoms with Gasteiger partial charge in [0.2, 0.25) is 0 Å². The predicted molar refractivity (Wildman–Crippen MR) is 79.5 cm³/mol. The topological polar surface area (TPSA) is 29.9 Å². The highest BCUT2D eigenvalue weighted by Gasteiger charge is 2.08. The molecule has 102 valence electrons. The van der Waals surface area contributed by atoms with Crippen LogP contribution in [0.25, 0.3) is 11.0 Å². The third-order valence-electron chi connectivity index (χ3n) is 3.25. The molecule has 0 saturated carbocycles. The number of hydrogen-bond donors (Lipinski definition) is 1. The highest BCUT2D eigenvalue weighted by atomic mass is 35.5. The van der Waals surface area contributed by atoms with Crippen LogP contribution < -0.4 is 5.32 Å². The van der Waals surface area contributed by atoms with Crippen molar-refractivity contribution < 1.29 is 4.39 Å². The zero-order valence-corrected chi connectivity index (χ0v) is 11.7. The lowest BCUT2D eigenvalue weighted by Gasteiger charge is -2.08. The van der Waals surface area contributed by atoms with Crippen LogP contribution in [0, 0.1) is 5.82 Å². The van der Waals surface area contributed by atoms with E-state index in [0.29, 0.717) is 17.3 Å². The fourth-order valence-electron chi connectivity index (χ4n) is 2.16. The van der Waals surface area contributed by atoms with Crippen molar-refractivity contribution in [3.63, 3.8) is 0 Å². The fraction of sp³-hybridized carbons (Fsp3) is 0.133. The van der Waals surface area contributed by atoms with Crippen LogP contribution in [-0.4, -0.2) is 9.55 Å². The van der Waals surface area contributed by atoms with Crippen molar-refractivity contribution in [1.82, 2.24) is 9.55 Å². The molecule has 0 aliphatic carbocycles. The van der Waals surface area contributed by atoms with Crippen molar-refractivity contribution in [2.24, 2.45) is 7.05 Å². The maximum atomic E-state index is 13.0. The van der Waals surface area contributed by atoms with Crippen LogP contribution in [0.1, 0.15) is 5.82 Å². The first kappa shape index (κ1) is 12.9. The molecule has 0 aliphatic rings. The quantitative estimate of drug-likeness (QED) is 0.790. The van der Waals surface area contributed by atoms with Crippen LogP contribution in [0.4, 0.5) is 10.1 Å². The minimum Gasteiger partial charge on any atom is -0.377 e. The number of benzene rings is 2. The molecule has 1 aromatic heterocycles. The first-order valence-electron chi connectivity index (χ1n) is 6.24. The third-order valence-corrected chi connectivity index (χ3v) is 3.56. The second-order valence-corrected chi connectivity index (χ2v) is 4.96. The van der Waals surface area contributed by atoms with E-state index in [9.17, 15) is 4.39 Å². The Morgan fingerprint density at radius 2 is 2.05 bits per heavy atom. The van der Waals surface area contributed by atoms with E-state index in [2.05, 4.69) is 10.3 Å². The van der Waals surface area contributed by atoms with Gasteiger partial charge in [-0.15, -0.1) is 0 Å². The molecule has 0 bridgehead atoms. The van der Waals surface area contributed by atoms with Gasteiger partial charge in [-0.1, -0.05) is 23.7 Å². The first-order valence-corrected chi connectivity index (χ1v) is 6.62. The van der Waals surface area contributed by atoms with Gasteiger partial charge in [0, 0.05) is 7.05 Å². The van der Waals surface area contributed by atoms with Crippen LogP contribution in [0.3, 0.4) is 0 Å². The molecule has 1 heterocycles. The van der Waals surface area contributed by atoms with Crippen LogP contribution in [0.15, 0.2) is 42.5 Å². The fourth-order valence-corrected chi connectivity index (χ4v) is 2.39. The van der Waals surface area contributed by atoms with E-state index < -0.39 is 0 Å². The molecule has 0 spiro atoms.